The van der Waals surface area contributed by atoms with Gasteiger partial charge in [-0.15, -0.1) is 0 Å². The molecule has 3 aromatic rings. The first-order valence-corrected chi connectivity index (χ1v) is 10.6. The van der Waals surface area contributed by atoms with Crippen LogP contribution in [0, 0.1) is 13.8 Å². The van der Waals surface area contributed by atoms with E-state index < -0.39 is 9.84 Å². The van der Waals surface area contributed by atoms with Gasteiger partial charge in [-0.25, -0.2) is 13.4 Å². The van der Waals surface area contributed by atoms with E-state index in [1.165, 1.54) is 17.6 Å². The van der Waals surface area contributed by atoms with Crippen molar-refractivity contribution in [3.05, 3.63) is 58.7 Å². The number of nitrogens with one attached hydrogen (secondary N) is 1. The first-order chi connectivity index (χ1) is 11.7. The highest BCUT2D eigenvalue weighted by Gasteiger charge is 2.13. The minimum atomic E-state index is -3.09. The van der Waals surface area contributed by atoms with Crippen LogP contribution < -0.4 is 5.32 Å². The fourth-order valence-corrected chi connectivity index (χ4v) is 4.34. The number of fused-ring (bicyclic) bond motifs is 1. The number of anilines is 1. The number of hydrogen-bond donors (Lipinski definition) is 1. The number of sulfone groups is 1. The van der Waals surface area contributed by atoms with E-state index in [0.29, 0.717) is 16.3 Å². The molecule has 0 aliphatic carbocycles. The fourth-order valence-electron chi connectivity index (χ4n) is 2.54. The number of rotatable bonds is 4. The van der Waals surface area contributed by atoms with Crippen LogP contribution in [0.15, 0.2) is 36.4 Å². The van der Waals surface area contributed by atoms with E-state index in [4.69, 9.17) is 0 Å². The van der Waals surface area contributed by atoms with Crippen LogP contribution in [-0.4, -0.2) is 25.6 Å². The predicted octanol–water partition coefficient (Wildman–Crippen LogP) is 3.71. The summed E-state index contributed by atoms with van der Waals surface area (Å²) in [6.07, 6.45) is 1.19. The molecule has 0 saturated heterocycles. The number of hydrogen-bond acceptors (Lipinski definition) is 5. The van der Waals surface area contributed by atoms with Crippen LogP contribution in [0.2, 0.25) is 0 Å². The Morgan fingerprint density at radius 1 is 1.08 bits per heavy atom. The maximum Gasteiger partial charge on any atom is 0.257 e. The molecule has 130 valence electrons. The number of amides is 1. The molecule has 0 radical (unpaired) electrons. The Hall–Kier alpha value is -2.25. The van der Waals surface area contributed by atoms with Crippen molar-refractivity contribution < 1.29 is 13.2 Å². The summed E-state index contributed by atoms with van der Waals surface area (Å²) in [4.78, 5) is 16.9. The third-order valence-corrected chi connectivity index (χ3v) is 5.77. The van der Waals surface area contributed by atoms with Gasteiger partial charge in [0.1, 0.15) is 0 Å². The lowest BCUT2D eigenvalue weighted by atomic mass is 10.1. The van der Waals surface area contributed by atoms with Crippen molar-refractivity contribution >= 4 is 42.4 Å². The summed E-state index contributed by atoms with van der Waals surface area (Å²) in [5.41, 5.74) is 4.23. The Kier molecular flexibility index (Phi) is 4.62. The van der Waals surface area contributed by atoms with E-state index >= 15 is 0 Å². The minimum absolute atomic E-state index is 0.0364. The van der Waals surface area contributed by atoms with E-state index in [2.05, 4.69) is 10.3 Å². The monoisotopic (exact) mass is 374 g/mol. The Morgan fingerprint density at radius 3 is 2.32 bits per heavy atom. The molecule has 0 aliphatic heterocycles. The molecule has 0 unspecified atom stereocenters. The van der Waals surface area contributed by atoms with Gasteiger partial charge in [0.25, 0.3) is 5.91 Å². The highest BCUT2D eigenvalue weighted by atomic mass is 32.2. The zero-order chi connectivity index (χ0) is 18.2. The van der Waals surface area contributed by atoms with Crippen LogP contribution in [0.5, 0.6) is 0 Å². The lowest BCUT2D eigenvalue weighted by molar-refractivity contribution is 0.102. The summed E-state index contributed by atoms with van der Waals surface area (Å²) in [5.74, 6) is -0.300. The second kappa shape index (κ2) is 6.57. The van der Waals surface area contributed by atoms with Gasteiger partial charge in [-0.05, 0) is 42.7 Å². The van der Waals surface area contributed by atoms with Gasteiger partial charge in [0, 0.05) is 11.8 Å². The Balaban J connectivity index is 1.80. The van der Waals surface area contributed by atoms with E-state index in [1.54, 1.807) is 24.3 Å². The molecule has 5 nitrogen and oxygen atoms in total. The Bertz CT molecular complexity index is 1010. The number of benzene rings is 2. The summed E-state index contributed by atoms with van der Waals surface area (Å²) < 4.78 is 23.7. The van der Waals surface area contributed by atoms with Crippen molar-refractivity contribution in [2.75, 3.05) is 11.6 Å². The maximum absolute atomic E-state index is 12.4. The third-order valence-electron chi connectivity index (χ3n) is 3.81. The summed E-state index contributed by atoms with van der Waals surface area (Å²) in [7, 11) is -3.09. The number of nitrogens with zero attached hydrogens (tertiary/aromatic N) is 1. The molecule has 3 rings (SSSR count). The molecule has 7 heteroatoms. The fraction of sp³-hybridized carbons (Fsp3) is 0.222. The van der Waals surface area contributed by atoms with E-state index in [1.807, 2.05) is 26.0 Å². The smallest absolute Gasteiger partial charge is 0.257 e. The Morgan fingerprint density at radius 2 is 1.72 bits per heavy atom. The minimum Gasteiger partial charge on any atom is -0.298 e. The first kappa shape index (κ1) is 17.6. The number of thiazole rings is 1. The van der Waals surface area contributed by atoms with Crippen molar-refractivity contribution in [1.82, 2.24) is 4.98 Å². The second-order valence-electron chi connectivity index (χ2n) is 6.12. The number of carbonyl (C=O) groups excluding carboxylic acids is 1. The van der Waals surface area contributed by atoms with Gasteiger partial charge < -0.3 is 0 Å². The number of aryl methyl sites for hydroxylation is 2. The number of carbonyl (C=O) groups is 1. The van der Waals surface area contributed by atoms with Crippen molar-refractivity contribution in [2.45, 2.75) is 19.6 Å². The standard InChI is InChI=1S/C18H18N2O3S2/c1-11-4-5-12(2)16-15(11)19-18(24-16)20-17(21)14-8-6-13(7-9-14)10-25(3,22)23/h4-9H,10H2,1-3H3,(H,19,20,21). The average Bonchev–Trinajstić information content (AvgIpc) is 2.95. The molecule has 0 atom stereocenters. The van der Waals surface area contributed by atoms with Crippen LogP contribution in [0.4, 0.5) is 5.13 Å². The molecule has 0 saturated carbocycles. The molecule has 0 aliphatic rings. The molecule has 25 heavy (non-hydrogen) atoms. The van der Waals surface area contributed by atoms with Crippen LogP contribution in [0.1, 0.15) is 27.0 Å². The lowest BCUT2D eigenvalue weighted by Crippen LogP contribution is -2.11. The molecule has 0 fully saturated rings. The zero-order valence-electron chi connectivity index (χ0n) is 14.2. The highest BCUT2D eigenvalue weighted by molar-refractivity contribution is 7.89. The third kappa shape index (κ3) is 4.05. The van der Waals surface area contributed by atoms with Crippen LogP contribution in [0.3, 0.4) is 0 Å². The molecular formula is C18H18N2O3S2. The van der Waals surface area contributed by atoms with E-state index in [9.17, 15) is 13.2 Å². The summed E-state index contributed by atoms with van der Waals surface area (Å²) in [6, 6.07) is 10.6. The van der Waals surface area contributed by atoms with Gasteiger partial charge in [0.05, 0.1) is 16.0 Å². The molecule has 1 aromatic heterocycles. The van der Waals surface area contributed by atoms with Crippen molar-refractivity contribution in [3.8, 4) is 0 Å². The largest absolute Gasteiger partial charge is 0.298 e. The summed E-state index contributed by atoms with van der Waals surface area (Å²) >= 11 is 1.45. The van der Waals surface area contributed by atoms with Crippen molar-refractivity contribution in [1.29, 1.82) is 0 Å². The molecule has 2 aromatic carbocycles. The lowest BCUT2D eigenvalue weighted by Gasteiger charge is -2.03. The van der Waals surface area contributed by atoms with Gasteiger partial charge in [0.15, 0.2) is 15.0 Å². The van der Waals surface area contributed by atoms with E-state index in [0.717, 1.165) is 21.3 Å². The summed E-state index contributed by atoms with van der Waals surface area (Å²) in [6.45, 7) is 4.01. The van der Waals surface area contributed by atoms with Crippen LogP contribution in [0.25, 0.3) is 10.2 Å². The van der Waals surface area contributed by atoms with Gasteiger partial charge in [-0.3, -0.25) is 10.1 Å². The predicted molar refractivity (Wildman–Crippen MR) is 102 cm³/mol. The number of aromatic nitrogens is 1. The quantitative estimate of drug-likeness (QED) is 0.755. The second-order valence-corrected chi connectivity index (χ2v) is 9.26. The normalized spacial score (nSPS) is 11.6. The topological polar surface area (TPSA) is 76.1 Å². The van der Waals surface area contributed by atoms with Gasteiger partial charge in [-0.1, -0.05) is 35.6 Å². The first-order valence-electron chi connectivity index (χ1n) is 7.68. The summed E-state index contributed by atoms with van der Waals surface area (Å²) in [5, 5.41) is 3.37. The SMILES string of the molecule is Cc1ccc(C)c2sc(NC(=O)c3ccc(CS(C)(=O)=O)cc3)nc12. The van der Waals surface area contributed by atoms with Crippen molar-refractivity contribution in [3.63, 3.8) is 0 Å². The van der Waals surface area contributed by atoms with Crippen molar-refractivity contribution in [2.24, 2.45) is 0 Å². The molecule has 1 N–H and O–H groups in total. The highest BCUT2D eigenvalue weighted by Crippen LogP contribution is 2.31. The average molecular weight is 374 g/mol. The molecule has 0 spiro atoms. The Labute approximate surface area is 150 Å². The van der Waals surface area contributed by atoms with Crippen LogP contribution >= 0.6 is 11.3 Å². The molecule has 1 amide bonds. The molecule has 0 bridgehead atoms. The van der Waals surface area contributed by atoms with Gasteiger partial charge in [0.2, 0.25) is 0 Å². The zero-order valence-corrected chi connectivity index (χ0v) is 15.8. The van der Waals surface area contributed by atoms with Gasteiger partial charge in [-0.2, -0.15) is 0 Å². The molecule has 1 heterocycles. The maximum atomic E-state index is 12.4. The molecular weight excluding hydrogens is 356 g/mol. The van der Waals surface area contributed by atoms with E-state index in [-0.39, 0.29) is 11.7 Å². The van der Waals surface area contributed by atoms with Gasteiger partial charge >= 0.3 is 0 Å². The van der Waals surface area contributed by atoms with Crippen LogP contribution in [-0.2, 0) is 15.6 Å².